The number of hydrogen-bond donors (Lipinski definition) is 3. The van der Waals surface area contributed by atoms with Crippen LogP contribution in [0.15, 0.2) is 43.1 Å². The number of pyridine rings is 1. The lowest BCUT2D eigenvalue weighted by Crippen LogP contribution is -2.54. The second-order valence-electron chi connectivity index (χ2n) is 8.87. The average molecular weight is 494 g/mol. The maximum Gasteiger partial charge on any atom is 0.219 e. The van der Waals surface area contributed by atoms with Crippen LogP contribution in [0.4, 0.5) is 20.3 Å². The quantitative estimate of drug-likeness (QED) is 0.368. The predicted octanol–water partition coefficient (Wildman–Crippen LogP) is 1.97. The normalized spacial score (nSPS) is 18.0. The largest absolute Gasteiger partial charge is 0.382 e. The Morgan fingerprint density at radius 2 is 1.94 bits per heavy atom. The Kier molecular flexibility index (Phi) is 6.18. The van der Waals surface area contributed by atoms with Crippen LogP contribution in [0.5, 0.6) is 0 Å². The summed E-state index contributed by atoms with van der Waals surface area (Å²) in [5.41, 5.74) is 21.3. The van der Waals surface area contributed by atoms with Gasteiger partial charge in [0.25, 0.3) is 0 Å². The summed E-state index contributed by atoms with van der Waals surface area (Å²) >= 11 is 0. The first-order valence-corrected chi connectivity index (χ1v) is 11.5. The molecule has 36 heavy (non-hydrogen) atoms. The van der Waals surface area contributed by atoms with E-state index in [-0.39, 0.29) is 24.3 Å². The number of rotatable bonds is 6. The number of nitrogens with two attached hydrogens (primary N) is 3. The first kappa shape index (κ1) is 23.5. The zero-order valence-corrected chi connectivity index (χ0v) is 19.3. The molecule has 0 bridgehead atoms. The maximum absolute atomic E-state index is 14.0. The Balaban J connectivity index is 1.62. The number of carbonyl (C=O) groups excluding carboxylic acids is 1. The fourth-order valence-electron chi connectivity index (χ4n) is 4.74. The molecule has 0 radical (unpaired) electrons. The highest BCUT2D eigenvalue weighted by Gasteiger charge is 2.32. The number of aromatic nitrogens is 5. The van der Waals surface area contributed by atoms with Gasteiger partial charge in [0.2, 0.25) is 5.91 Å². The summed E-state index contributed by atoms with van der Waals surface area (Å²) in [4.78, 5) is 31.1. The van der Waals surface area contributed by atoms with E-state index in [0.717, 1.165) is 36.2 Å². The molecule has 10 nitrogen and oxygen atoms in total. The van der Waals surface area contributed by atoms with Crippen LogP contribution in [0.25, 0.3) is 22.4 Å². The molecule has 6 N–H and O–H groups in total. The number of benzene rings is 1. The van der Waals surface area contributed by atoms with E-state index in [1.807, 2.05) is 4.57 Å². The number of primary amides is 1. The molecule has 1 aliphatic heterocycles. The summed E-state index contributed by atoms with van der Waals surface area (Å²) in [6, 6.07) is 4.90. The van der Waals surface area contributed by atoms with E-state index in [1.165, 1.54) is 12.4 Å². The second kappa shape index (κ2) is 9.46. The van der Waals surface area contributed by atoms with E-state index >= 15 is 0 Å². The van der Waals surface area contributed by atoms with Crippen LogP contribution in [0.3, 0.4) is 0 Å². The van der Waals surface area contributed by atoms with Gasteiger partial charge < -0.3 is 26.7 Å². The van der Waals surface area contributed by atoms with Gasteiger partial charge in [-0.3, -0.25) is 9.78 Å². The minimum atomic E-state index is -0.962. The lowest BCUT2D eigenvalue weighted by Gasteiger charge is -2.41. The fourth-order valence-corrected chi connectivity index (χ4v) is 4.74. The van der Waals surface area contributed by atoms with Gasteiger partial charge in [0.05, 0.1) is 36.5 Å². The summed E-state index contributed by atoms with van der Waals surface area (Å²) in [5.74, 6) is -2.08. The summed E-state index contributed by atoms with van der Waals surface area (Å²) in [6.45, 7) is 0.973. The molecule has 0 aliphatic carbocycles. The standard InChI is InChI=1S/C24H25F2N9O/c25-15-4-3-13(6-16(15)26)18-7-14(10-34-12-33-22-23(29)31-11-32-24(22)34)20(9-30-18)35-5-1-2-17(27)19(35)8-21(28)36/h3-4,6-7,9,11-12,17,19H,1-2,5,8,10,27H2,(H2,28,36)(H2,29,31,32)/t17-,19-/m1/s1. The number of hydrogen-bond acceptors (Lipinski definition) is 8. The van der Waals surface area contributed by atoms with E-state index in [9.17, 15) is 13.6 Å². The van der Waals surface area contributed by atoms with Gasteiger partial charge in [0.1, 0.15) is 11.8 Å². The molecule has 4 aromatic rings. The molecule has 5 rings (SSSR count). The second-order valence-corrected chi connectivity index (χ2v) is 8.87. The molecule has 12 heteroatoms. The lowest BCUT2D eigenvalue weighted by molar-refractivity contribution is -0.118. The highest BCUT2D eigenvalue weighted by Crippen LogP contribution is 2.32. The molecule has 186 valence electrons. The number of amides is 1. The number of carbonyl (C=O) groups is 1. The van der Waals surface area contributed by atoms with Crippen molar-refractivity contribution in [2.45, 2.75) is 37.9 Å². The van der Waals surface area contributed by atoms with Crippen LogP contribution >= 0.6 is 0 Å². The van der Waals surface area contributed by atoms with E-state index < -0.39 is 17.5 Å². The third kappa shape index (κ3) is 4.42. The number of halogens is 2. The van der Waals surface area contributed by atoms with E-state index in [2.05, 4.69) is 24.8 Å². The molecule has 0 spiro atoms. The Bertz CT molecular complexity index is 1440. The number of anilines is 2. The molecule has 3 aromatic heterocycles. The smallest absolute Gasteiger partial charge is 0.219 e. The van der Waals surface area contributed by atoms with Gasteiger partial charge in [-0.15, -0.1) is 0 Å². The lowest BCUT2D eigenvalue weighted by atomic mass is 9.92. The van der Waals surface area contributed by atoms with Gasteiger partial charge in [-0.2, -0.15) is 0 Å². The summed E-state index contributed by atoms with van der Waals surface area (Å²) in [6.07, 6.45) is 6.34. The highest BCUT2D eigenvalue weighted by atomic mass is 19.2. The van der Waals surface area contributed by atoms with Gasteiger partial charge in [-0.1, -0.05) is 0 Å². The van der Waals surface area contributed by atoms with Gasteiger partial charge in [-0.25, -0.2) is 23.7 Å². The minimum absolute atomic E-state index is 0.100. The summed E-state index contributed by atoms with van der Waals surface area (Å²) in [7, 11) is 0. The number of nitrogens with zero attached hydrogens (tertiary/aromatic N) is 6. The summed E-state index contributed by atoms with van der Waals surface area (Å²) in [5, 5.41) is 0. The molecule has 1 amide bonds. The predicted molar refractivity (Wildman–Crippen MR) is 131 cm³/mol. The SMILES string of the molecule is NC(=O)C[C@@H]1[C@H](N)CCCN1c1cnc(-c2ccc(F)c(F)c2)cc1Cn1cnc2c(N)ncnc21. The van der Waals surface area contributed by atoms with Gasteiger partial charge in [-0.05, 0) is 42.7 Å². The van der Waals surface area contributed by atoms with Gasteiger partial charge >= 0.3 is 0 Å². The number of fused-ring (bicyclic) bond motifs is 1. The monoisotopic (exact) mass is 493 g/mol. The van der Waals surface area contributed by atoms with E-state index in [1.54, 1.807) is 18.6 Å². The molecule has 1 aromatic carbocycles. The zero-order chi connectivity index (χ0) is 25.4. The Morgan fingerprint density at radius 1 is 1.11 bits per heavy atom. The molecule has 1 saturated heterocycles. The zero-order valence-electron chi connectivity index (χ0n) is 19.3. The number of nitrogen functional groups attached to an aromatic ring is 1. The van der Waals surface area contributed by atoms with Crippen molar-refractivity contribution in [2.75, 3.05) is 17.2 Å². The molecular formula is C24H25F2N9O. The number of piperidine rings is 1. The van der Waals surface area contributed by atoms with Crippen molar-refractivity contribution in [3.8, 4) is 11.3 Å². The van der Waals surface area contributed by atoms with Crippen LogP contribution in [-0.2, 0) is 11.3 Å². The van der Waals surface area contributed by atoms with Crippen molar-refractivity contribution in [1.82, 2.24) is 24.5 Å². The van der Waals surface area contributed by atoms with Crippen molar-refractivity contribution in [1.29, 1.82) is 0 Å². The van der Waals surface area contributed by atoms with Crippen LogP contribution in [0.2, 0.25) is 0 Å². The fraction of sp³-hybridized carbons (Fsp3) is 0.292. The van der Waals surface area contributed by atoms with Crippen LogP contribution < -0.4 is 22.1 Å². The van der Waals surface area contributed by atoms with E-state index in [4.69, 9.17) is 17.2 Å². The molecule has 0 unspecified atom stereocenters. The maximum atomic E-state index is 14.0. The first-order chi connectivity index (χ1) is 17.3. The van der Waals surface area contributed by atoms with Gasteiger partial charge in [0, 0.05) is 24.6 Å². The summed E-state index contributed by atoms with van der Waals surface area (Å²) < 4.78 is 29.3. The molecule has 4 heterocycles. The highest BCUT2D eigenvalue weighted by molar-refractivity contribution is 5.81. The molecule has 1 fully saturated rings. The van der Waals surface area contributed by atoms with Gasteiger partial charge in [0.15, 0.2) is 23.1 Å². The molecule has 2 atom stereocenters. The molecule has 1 aliphatic rings. The van der Waals surface area contributed by atoms with Crippen LogP contribution in [0, 0.1) is 11.6 Å². The molecule has 0 saturated carbocycles. The van der Waals surface area contributed by atoms with E-state index in [0.29, 0.717) is 35.5 Å². The molecular weight excluding hydrogens is 468 g/mol. The van der Waals surface area contributed by atoms with Crippen molar-refractivity contribution in [3.63, 3.8) is 0 Å². The van der Waals surface area contributed by atoms with Crippen LogP contribution in [0.1, 0.15) is 24.8 Å². The Morgan fingerprint density at radius 3 is 2.72 bits per heavy atom. The minimum Gasteiger partial charge on any atom is -0.382 e. The average Bonchev–Trinajstić information content (AvgIpc) is 3.26. The van der Waals surface area contributed by atoms with Crippen molar-refractivity contribution in [2.24, 2.45) is 11.5 Å². The Labute approximate surface area is 205 Å². The Hall–Kier alpha value is -4.19. The third-order valence-corrected chi connectivity index (χ3v) is 6.50. The third-order valence-electron chi connectivity index (χ3n) is 6.50. The number of imidazole rings is 1. The van der Waals surface area contributed by atoms with Crippen molar-refractivity contribution < 1.29 is 13.6 Å². The van der Waals surface area contributed by atoms with Crippen molar-refractivity contribution >= 4 is 28.6 Å². The van der Waals surface area contributed by atoms with Crippen molar-refractivity contribution in [3.05, 3.63) is 60.3 Å². The van der Waals surface area contributed by atoms with Crippen LogP contribution in [-0.4, -0.2) is 49.0 Å². The topological polar surface area (TPSA) is 155 Å². The first-order valence-electron chi connectivity index (χ1n) is 11.5.